The van der Waals surface area contributed by atoms with Crippen molar-refractivity contribution < 1.29 is 9.18 Å². The summed E-state index contributed by atoms with van der Waals surface area (Å²) >= 11 is 0. The van der Waals surface area contributed by atoms with Gasteiger partial charge in [-0.1, -0.05) is 18.2 Å². The number of benzene rings is 1. The maximum Gasteiger partial charge on any atom is 0.256 e. The third kappa shape index (κ3) is 2.97. The molecule has 1 atom stereocenters. The fourth-order valence-electron chi connectivity index (χ4n) is 3.84. The first-order valence-corrected chi connectivity index (χ1v) is 9.51. The number of hydrogen-bond donors (Lipinski definition) is 1. The van der Waals surface area contributed by atoms with Gasteiger partial charge in [0.25, 0.3) is 5.91 Å². The van der Waals surface area contributed by atoms with E-state index in [0.717, 1.165) is 25.1 Å². The Labute approximate surface area is 166 Å². The van der Waals surface area contributed by atoms with Crippen molar-refractivity contribution in [3.05, 3.63) is 71.8 Å². The molecule has 5 rings (SSSR count). The van der Waals surface area contributed by atoms with Crippen LogP contribution >= 0.6 is 0 Å². The Bertz CT molecular complexity index is 1210. The van der Waals surface area contributed by atoms with Crippen LogP contribution < -0.4 is 5.32 Å². The number of aromatic nitrogens is 5. The number of halogens is 1. The molecule has 0 spiro atoms. The third-order valence-corrected chi connectivity index (χ3v) is 5.31. The van der Waals surface area contributed by atoms with Gasteiger partial charge in [0.15, 0.2) is 11.9 Å². The molecule has 1 aliphatic rings. The quantitative estimate of drug-likeness (QED) is 0.580. The summed E-state index contributed by atoms with van der Waals surface area (Å²) in [6, 6.07) is 7.99. The summed E-state index contributed by atoms with van der Waals surface area (Å²) in [5, 5.41) is 7.90. The molecule has 1 N–H and O–H groups in total. The van der Waals surface area contributed by atoms with E-state index in [2.05, 4.69) is 25.0 Å². The summed E-state index contributed by atoms with van der Waals surface area (Å²) in [6.07, 6.45) is 6.92. The normalized spacial score (nSPS) is 14.1. The number of carbonyl (C=O) groups is 1. The highest BCUT2D eigenvalue weighted by atomic mass is 19.1. The number of amides is 1. The molecule has 1 aromatic carbocycles. The average molecular weight is 390 g/mol. The minimum Gasteiger partial charge on any atom is -0.334 e. The summed E-state index contributed by atoms with van der Waals surface area (Å²) in [7, 11) is 0. The number of hydrogen-bond acceptors (Lipinski definition) is 4. The van der Waals surface area contributed by atoms with Crippen LogP contribution in [0.1, 0.15) is 29.4 Å². The monoisotopic (exact) mass is 390 g/mol. The Morgan fingerprint density at radius 1 is 1.24 bits per heavy atom. The van der Waals surface area contributed by atoms with E-state index in [1.54, 1.807) is 49.9 Å². The molecule has 1 unspecified atom stereocenters. The molecule has 8 heteroatoms. The van der Waals surface area contributed by atoms with Gasteiger partial charge in [-0.05, 0) is 37.5 Å². The second-order valence-electron chi connectivity index (χ2n) is 7.22. The molecule has 4 heterocycles. The summed E-state index contributed by atoms with van der Waals surface area (Å²) in [6.45, 7) is 2.58. The maximum absolute atomic E-state index is 14.6. The number of fused-ring (bicyclic) bond motifs is 2. The van der Waals surface area contributed by atoms with E-state index < -0.39 is 6.04 Å². The lowest BCUT2D eigenvalue weighted by atomic mass is 10.1. The smallest absolute Gasteiger partial charge is 0.256 e. The van der Waals surface area contributed by atoms with Gasteiger partial charge in [0.2, 0.25) is 0 Å². The molecular formula is C21H19FN6O. The predicted molar refractivity (Wildman–Crippen MR) is 106 cm³/mol. The van der Waals surface area contributed by atoms with Gasteiger partial charge in [0.05, 0.1) is 12.0 Å². The number of pyridine rings is 1. The highest BCUT2D eigenvalue weighted by Gasteiger charge is 2.31. The van der Waals surface area contributed by atoms with Gasteiger partial charge in [0.1, 0.15) is 11.3 Å². The van der Waals surface area contributed by atoms with E-state index in [4.69, 9.17) is 0 Å². The van der Waals surface area contributed by atoms with Crippen LogP contribution in [-0.4, -0.2) is 30.2 Å². The van der Waals surface area contributed by atoms with Crippen LogP contribution in [0, 0.1) is 12.7 Å². The van der Waals surface area contributed by atoms with Crippen molar-refractivity contribution in [3.63, 3.8) is 0 Å². The SMILES string of the molecule is Cc1ccc2cn(C(C(=O)Nc3ccccn3)c3ncn4c3CCC4)nc2c1F. The van der Waals surface area contributed by atoms with Crippen molar-refractivity contribution >= 4 is 22.6 Å². The van der Waals surface area contributed by atoms with Crippen molar-refractivity contribution in [2.24, 2.45) is 0 Å². The number of imidazole rings is 1. The van der Waals surface area contributed by atoms with Crippen LogP contribution in [-0.2, 0) is 17.8 Å². The largest absolute Gasteiger partial charge is 0.334 e. The maximum atomic E-state index is 14.6. The van der Waals surface area contributed by atoms with Crippen molar-refractivity contribution in [1.82, 2.24) is 24.3 Å². The Morgan fingerprint density at radius 2 is 2.14 bits per heavy atom. The highest BCUT2D eigenvalue weighted by Crippen LogP contribution is 2.29. The number of aryl methyl sites for hydroxylation is 2. The summed E-state index contributed by atoms with van der Waals surface area (Å²) in [5.41, 5.74) is 2.42. The second-order valence-corrected chi connectivity index (χ2v) is 7.22. The number of anilines is 1. The van der Waals surface area contributed by atoms with E-state index in [1.165, 1.54) is 4.68 Å². The Hall–Kier alpha value is -3.55. The first-order chi connectivity index (χ1) is 14.1. The summed E-state index contributed by atoms with van der Waals surface area (Å²) in [4.78, 5) is 22.0. The van der Waals surface area contributed by atoms with Gasteiger partial charge in [-0.3, -0.25) is 9.48 Å². The van der Waals surface area contributed by atoms with Crippen LogP contribution in [0.2, 0.25) is 0 Å². The van der Waals surface area contributed by atoms with Gasteiger partial charge in [-0.15, -0.1) is 0 Å². The van der Waals surface area contributed by atoms with Crippen LogP contribution in [0.15, 0.2) is 49.1 Å². The lowest BCUT2D eigenvalue weighted by molar-refractivity contribution is -0.118. The Kier molecular flexibility index (Phi) is 4.12. The summed E-state index contributed by atoms with van der Waals surface area (Å²) < 4.78 is 18.1. The van der Waals surface area contributed by atoms with Crippen LogP contribution in [0.5, 0.6) is 0 Å². The molecule has 4 aromatic rings. The van der Waals surface area contributed by atoms with E-state index in [-0.39, 0.29) is 17.2 Å². The zero-order valence-corrected chi connectivity index (χ0v) is 15.8. The van der Waals surface area contributed by atoms with E-state index in [9.17, 15) is 9.18 Å². The van der Waals surface area contributed by atoms with Gasteiger partial charge in [0, 0.05) is 30.0 Å². The van der Waals surface area contributed by atoms with Crippen LogP contribution in [0.4, 0.5) is 10.2 Å². The zero-order valence-electron chi connectivity index (χ0n) is 15.8. The van der Waals surface area contributed by atoms with Crippen molar-refractivity contribution in [3.8, 4) is 0 Å². The van der Waals surface area contributed by atoms with E-state index in [0.29, 0.717) is 22.5 Å². The van der Waals surface area contributed by atoms with Crippen molar-refractivity contribution in [2.75, 3.05) is 5.32 Å². The van der Waals surface area contributed by atoms with E-state index >= 15 is 0 Å². The molecule has 7 nitrogen and oxygen atoms in total. The molecule has 29 heavy (non-hydrogen) atoms. The average Bonchev–Trinajstić information content (AvgIpc) is 3.43. The number of nitrogens with zero attached hydrogens (tertiary/aromatic N) is 5. The third-order valence-electron chi connectivity index (χ3n) is 5.31. The minimum absolute atomic E-state index is 0.247. The number of rotatable bonds is 4. The molecule has 0 radical (unpaired) electrons. The lowest BCUT2D eigenvalue weighted by Gasteiger charge is -2.16. The molecule has 1 amide bonds. The van der Waals surface area contributed by atoms with Crippen molar-refractivity contribution in [2.45, 2.75) is 32.4 Å². The molecule has 146 valence electrons. The standard InChI is InChI=1S/C21H19FN6O/c1-13-7-8-14-11-28(26-18(14)17(13)22)20(19-15-5-4-10-27(15)12-24-19)21(29)25-16-6-2-3-9-23-16/h2-3,6-9,11-12,20H,4-5,10H2,1H3,(H,23,25,29). The molecular weight excluding hydrogens is 371 g/mol. The van der Waals surface area contributed by atoms with Gasteiger partial charge in [-0.2, -0.15) is 5.10 Å². The van der Waals surface area contributed by atoms with Crippen molar-refractivity contribution in [1.29, 1.82) is 0 Å². The van der Waals surface area contributed by atoms with Gasteiger partial charge < -0.3 is 9.88 Å². The van der Waals surface area contributed by atoms with Crippen LogP contribution in [0.3, 0.4) is 0 Å². The fourth-order valence-corrected chi connectivity index (χ4v) is 3.84. The fraction of sp³-hybridized carbons (Fsp3) is 0.238. The second kappa shape index (κ2) is 6.80. The van der Waals surface area contributed by atoms with Gasteiger partial charge >= 0.3 is 0 Å². The first kappa shape index (κ1) is 17.5. The Balaban J connectivity index is 1.62. The van der Waals surface area contributed by atoms with Crippen LogP contribution in [0.25, 0.3) is 10.9 Å². The zero-order chi connectivity index (χ0) is 20.0. The molecule has 1 aliphatic heterocycles. The molecule has 0 saturated heterocycles. The lowest BCUT2D eigenvalue weighted by Crippen LogP contribution is -2.29. The first-order valence-electron chi connectivity index (χ1n) is 9.51. The molecule has 0 fully saturated rings. The molecule has 0 saturated carbocycles. The molecule has 0 aliphatic carbocycles. The highest BCUT2D eigenvalue weighted by molar-refractivity contribution is 5.95. The molecule has 3 aromatic heterocycles. The number of nitrogens with one attached hydrogen (secondary N) is 1. The van der Waals surface area contributed by atoms with E-state index in [1.807, 2.05) is 6.07 Å². The predicted octanol–water partition coefficient (Wildman–Crippen LogP) is 3.25. The summed E-state index contributed by atoms with van der Waals surface area (Å²) in [5.74, 6) is -0.251. The van der Waals surface area contributed by atoms with Gasteiger partial charge in [-0.25, -0.2) is 14.4 Å². The molecule has 0 bridgehead atoms. The topological polar surface area (TPSA) is 77.6 Å². The minimum atomic E-state index is -0.821. The number of carbonyl (C=O) groups excluding carboxylic acids is 1. The Morgan fingerprint density at radius 3 is 2.97 bits per heavy atom.